The third-order valence-corrected chi connectivity index (χ3v) is 6.92. The number of anilines is 1. The number of likely N-dealkylation sites (tertiary alicyclic amines) is 1. The maximum atomic E-state index is 12.5. The van der Waals surface area contributed by atoms with Crippen LogP contribution in [0.4, 0.5) is 5.69 Å². The summed E-state index contributed by atoms with van der Waals surface area (Å²) in [5.74, 6) is -0.264. The maximum Gasteiger partial charge on any atom is 0.244 e. The van der Waals surface area contributed by atoms with Gasteiger partial charge in [-0.05, 0) is 28.9 Å². The summed E-state index contributed by atoms with van der Waals surface area (Å²) in [5, 5.41) is 7.67. The first-order valence-electron chi connectivity index (χ1n) is 8.58. The summed E-state index contributed by atoms with van der Waals surface area (Å²) in [7, 11) is -0.813. The van der Waals surface area contributed by atoms with Gasteiger partial charge in [-0.1, -0.05) is 0 Å². The largest absolute Gasteiger partial charge is 0.367 e. The van der Waals surface area contributed by atoms with Gasteiger partial charge in [0, 0.05) is 40.0 Å². The molecule has 0 N–H and O–H groups in total. The van der Waals surface area contributed by atoms with Crippen LogP contribution in [-0.4, -0.2) is 73.0 Å². The zero-order chi connectivity index (χ0) is 19.3. The molecule has 27 heavy (non-hydrogen) atoms. The molecule has 10 nitrogen and oxygen atoms in total. The van der Waals surface area contributed by atoms with Crippen molar-refractivity contribution in [3.05, 3.63) is 12.1 Å². The summed E-state index contributed by atoms with van der Waals surface area (Å²) in [6.07, 6.45) is 1.19. The SMILES string of the molecule is CN(C)S(=O)(=O)c1ccc(N2CC[C@@H](N3C(=O)CCC3=O)C2)c2nonc12. The lowest BCUT2D eigenvalue weighted by Crippen LogP contribution is -2.41. The lowest BCUT2D eigenvalue weighted by atomic mass is 10.2. The van der Waals surface area contributed by atoms with E-state index in [0.717, 1.165) is 4.31 Å². The maximum absolute atomic E-state index is 12.5. The highest BCUT2D eigenvalue weighted by Crippen LogP contribution is 2.33. The van der Waals surface area contributed by atoms with Crippen LogP contribution in [0.3, 0.4) is 0 Å². The van der Waals surface area contributed by atoms with Crippen molar-refractivity contribution in [1.82, 2.24) is 19.5 Å². The Morgan fingerprint density at radius 2 is 1.78 bits per heavy atom. The predicted molar refractivity (Wildman–Crippen MR) is 94.4 cm³/mol. The Balaban J connectivity index is 1.67. The molecule has 0 bridgehead atoms. The monoisotopic (exact) mass is 393 g/mol. The van der Waals surface area contributed by atoms with Crippen LogP contribution < -0.4 is 4.90 Å². The molecule has 2 aromatic rings. The van der Waals surface area contributed by atoms with Gasteiger partial charge in [0.05, 0.1) is 11.7 Å². The number of benzene rings is 1. The van der Waals surface area contributed by atoms with E-state index in [1.54, 1.807) is 6.07 Å². The van der Waals surface area contributed by atoms with Crippen LogP contribution in [0.25, 0.3) is 11.0 Å². The van der Waals surface area contributed by atoms with Gasteiger partial charge in [0.1, 0.15) is 4.90 Å². The van der Waals surface area contributed by atoms with Crippen molar-refractivity contribution in [2.24, 2.45) is 0 Å². The van der Waals surface area contributed by atoms with E-state index < -0.39 is 10.0 Å². The number of carbonyl (C=O) groups excluding carboxylic acids is 2. The fourth-order valence-electron chi connectivity index (χ4n) is 3.66. The zero-order valence-corrected chi connectivity index (χ0v) is 15.8. The topological polar surface area (TPSA) is 117 Å². The van der Waals surface area contributed by atoms with E-state index in [4.69, 9.17) is 4.63 Å². The summed E-state index contributed by atoms with van der Waals surface area (Å²) < 4.78 is 30.9. The summed E-state index contributed by atoms with van der Waals surface area (Å²) >= 11 is 0. The Hall–Kier alpha value is -2.53. The molecule has 0 saturated carbocycles. The number of sulfonamides is 1. The molecule has 144 valence electrons. The van der Waals surface area contributed by atoms with E-state index in [-0.39, 0.29) is 41.1 Å². The number of hydrogen-bond acceptors (Lipinski definition) is 8. The van der Waals surface area contributed by atoms with Gasteiger partial charge in [-0.25, -0.2) is 17.4 Å². The predicted octanol–water partition coefficient (Wildman–Crippen LogP) is 0.201. The molecule has 0 spiro atoms. The minimum atomic E-state index is -3.70. The first-order chi connectivity index (χ1) is 12.8. The van der Waals surface area contributed by atoms with Gasteiger partial charge in [0.15, 0.2) is 11.0 Å². The first kappa shape index (κ1) is 17.9. The Morgan fingerprint density at radius 1 is 1.11 bits per heavy atom. The fourth-order valence-corrected chi connectivity index (χ4v) is 4.67. The van der Waals surface area contributed by atoms with Crippen LogP contribution >= 0.6 is 0 Å². The average Bonchev–Trinajstić information content (AvgIpc) is 3.34. The van der Waals surface area contributed by atoms with Crippen molar-refractivity contribution in [1.29, 1.82) is 0 Å². The molecule has 0 aliphatic carbocycles. The van der Waals surface area contributed by atoms with E-state index in [1.807, 2.05) is 4.90 Å². The van der Waals surface area contributed by atoms with Crippen molar-refractivity contribution in [3.8, 4) is 0 Å². The summed E-state index contributed by atoms with van der Waals surface area (Å²) in [5.41, 5.74) is 1.18. The highest BCUT2D eigenvalue weighted by molar-refractivity contribution is 7.89. The lowest BCUT2D eigenvalue weighted by Gasteiger charge is -2.23. The van der Waals surface area contributed by atoms with Crippen molar-refractivity contribution < 1.29 is 22.6 Å². The summed E-state index contributed by atoms with van der Waals surface area (Å²) in [6.45, 7) is 1.09. The molecule has 0 unspecified atom stereocenters. The van der Waals surface area contributed by atoms with Gasteiger partial charge in [0.25, 0.3) is 0 Å². The number of rotatable bonds is 4. The number of carbonyl (C=O) groups is 2. The highest BCUT2D eigenvalue weighted by Gasteiger charge is 2.39. The number of hydrogen-bond donors (Lipinski definition) is 0. The van der Waals surface area contributed by atoms with Crippen molar-refractivity contribution in [3.63, 3.8) is 0 Å². The second-order valence-electron chi connectivity index (χ2n) is 6.88. The van der Waals surface area contributed by atoms with Crippen LogP contribution in [0.5, 0.6) is 0 Å². The molecular weight excluding hydrogens is 374 g/mol. The van der Waals surface area contributed by atoms with E-state index in [9.17, 15) is 18.0 Å². The number of imide groups is 1. The molecule has 1 aromatic heterocycles. The molecule has 2 aliphatic rings. The number of aromatic nitrogens is 2. The molecule has 2 aliphatic heterocycles. The zero-order valence-electron chi connectivity index (χ0n) is 15.0. The fraction of sp³-hybridized carbons (Fsp3) is 0.500. The van der Waals surface area contributed by atoms with Gasteiger partial charge in [-0.3, -0.25) is 14.5 Å². The molecule has 0 radical (unpaired) electrons. The molecule has 1 atom stereocenters. The second-order valence-corrected chi connectivity index (χ2v) is 9.00. The van der Waals surface area contributed by atoms with E-state index in [2.05, 4.69) is 10.3 Å². The Labute approximate surface area is 155 Å². The van der Waals surface area contributed by atoms with Gasteiger partial charge in [-0.2, -0.15) is 0 Å². The lowest BCUT2D eigenvalue weighted by molar-refractivity contribution is -0.140. The highest BCUT2D eigenvalue weighted by atomic mass is 32.2. The van der Waals surface area contributed by atoms with E-state index >= 15 is 0 Å². The van der Waals surface area contributed by atoms with Crippen molar-refractivity contribution in [2.75, 3.05) is 32.1 Å². The van der Waals surface area contributed by atoms with Crippen LogP contribution in [0.15, 0.2) is 21.7 Å². The molecule has 1 aromatic carbocycles. The van der Waals surface area contributed by atoms with Crippen LogP contribution in [0.1, 0.15) is 19.3 Å². The Bertz CT molecular complexity index is 1010. The molecule has 3 heterocycles. The number of amides is 2. The normalized spacial score (nSPS) is 21.2. The third kappa shape index (κ3) is 2.77. The van der Waals surface area contributed by atoms with Crippen LogP contribution in [0, 0.1) is 0 Å². The summed E-state index contributed by atoms with van der Waals surface area (Å²) in [4.78, 5) is 27.3. The molecule has 2 fully saturated rings. The molecule has 4 rings (SSSR count). The molecular formula is C16H19N5O5S. The minimum absolute atomic E-state index is 0.0214. The first-order valence-corrected chi connectivity index (χ1v) is 10.0. The molecule has 2 amide bonds. The van der Waals surface area contributed by atoms with Gasteiger partial charge >= 0.3 is 0 Å². The van der Waals surface area contributed by atoms with Crippen LogP contribution in [0.2, 0.25) is 0 Å². The van der Waals surface area contributed by atoms with E-state index in [1.165, 1.54) is 25.1 Å². The number of nitrogens with zero attached hydrogens (tertiary/aromatic N) is 5. The van der Waals surface area contributed by atoms with Gasteiger partial charge in [-0.15, -0.1) is 0 Å². The Morgan fingerprint density at radius 3 is 2.44 bits per heavy atom. The third-order valence-electron chi connectivity index (χ3n) is 5.08. The number of fused-ring (bicyclic) bond motifs is 1. The standard InChI is InChI=1S/C16H19N5O5S/c1-19(2)27(24,25)12-4-3-11(15-16(12)18-26-17-15)20-8-7-10(9-20)21-13(22)5-6-14(21)23/h3-4,10H,5-9H2,1-2H3/t10-/m1/s1. The quantitative estimate of drug-likeness (QED) is 0.676. The van der Waals surface area contributed by atoms with Crippen LogP contribution in [-0.2, 0) is 19.6 Å². The van der Waals surface area contributed by atoms with Crippen molar-refractivity contribution in [2.45, 2.75) is 30.2 Å². The van der Waals surface area contributed by atoms with Gasteiger partial charge < -0.3 is 4.90 Å². The van der Waals surface area contributed by atoms with Crippen molar-refractivity contribution >= 4 is 38.6 Å². The van der Waals surface area contributed by atoms with Gasteiger partial charge in [0.2, 0.25) is 21.8 Å². The van der Waals surface area contributed by atoms with E-state index in [0.29, 0.717) is 30.7 Å². The minimum Gasteiger partial charge on any atom is -0.367 e. The Kier molecular flexibility index (Phi) is 4.15. The molecule has 2 saturated heterocycles. The molecule has 11 heteroatoms. The summed E-state index contributed by atoms with van der Waals surface area (Å²) in [6, 6.07) is 2.96. The second kappa shape index (κ2) is 6.27. The average molecular weight is 393 g/mol. The smallest absolute Gasteiger partial charge is 0.244 e.